The van der Waals surface area contributed by atoms with E-state index in [4.69, 9.17) is 5.14 Å². The van der Waals surface area contributed by atoms with Gasteiger partial charge in [-0.25, -0.2) is 17.9 Å². The molecule has 0 saturated heterocycles. The molecule has 19 heavy (non-hydrogen) atoms. The number of nitrogens with one attached hydrogen (secondary N) is 1. The Morgan fingerprint density at radius 3 is 2.21 bits per heavy atom. The molecule has 0 saturated carbocycles. The average Bonchev–Trinajstić information content (AvgIpc) is 2.62. The van der Waals surface area contributed by atoms with E-state index in [1.165, 1.54) is 12.1 Å². The number of primary sulfonamides is 1. The molecule has 0 fully saturated rings. The van der Waals surface area contributed by atoms with Crippen molar-refractivity contribution in [3.8, 4) is 0 Å². The Kier molecular flexibility index (Phi) is 3.34. The first-order chi connectivity index (χ1) is 8.79. The second-order valence-electron chi connectivity index (χ2n) is 4.25. The summed E-state index contributed by atoms with van der Waals surface area (Å²) in [5, 5.41) is 4.94. The van der Waals surface area contributed by atoms with Crippen molar-refractivity contribution in [1.82, 2.24) is 4.68 Å². The number of aryl methyl sites for hydroxylation is 2. The van der Waals surface area contributed by atoms with Crippen LogP contribution in [0.1, 0.15) is 11.4 Å². The largest absolute Gasteiger partial charge is 0.291 e. The third kappa shape index (κ3) is 2.77. The third-order valence-corrected chi connectivity index (χ3v) is 3.68. The Bertz CT molecular complexity index is 703. The normalized spacial score (nSPS) is 11.6. The van der Waals surface area contributed by atoms with Crippen molar-refractivity contribution in [2.45, 2.75) is 18.7 Å². The van der Waals surface area contributed by atoms with Crippen LogP contribution in [0.2, 0.25) is 0 Å². The SMILES string of the molecule is Cc1ccc(C)n1Nc1ccc(S(N)(=O)=O)cc1F. The van der Waals surface area contributed by atoms with Crippen molar-refractivity contribution in [2.75, 3.05) is 5.43 Å². The summed E-state index contributed by atoms with van der Waals surface area (Å²) < 4.78 is 37.8. The second kappa shape index (κ2) is 4.67. The van der Waals surface area contributed by atoms with E-state index in [9.17, 15) is 12.8 Å². The zero-order valence-electron chi connectivity index (χ0n) is 10.5. The number of benzene rings is 1. The molecule has 7 heteroatoms. The van der Waals surface area contributed by atoms with Gasteiger partial charge in [0.2, 0.25) is 10.0 Å². The number of hydrogen-bond donors (Lipinski definition) is 2. The van der Waals surface area contributed by atoms with Gasteiger partial charge in [0.15, 0.2) is 0 Å². The molecule has 0 amide bonds. The molecule has 0 aliphatic rings. The van der Waals surface area contributed by atoms with E-state index >= 15 is 0 Å². The topological polar surface area (TPSA) is 77.1 Å². The van der Waals surface area contributed by atoms with E-state index in [-0.39, 0.29) is 10.6 Å². The monoisotopic (exact) mass is 283 g/mol. The average molecular weight is 283 g/mol. The van der Waals surface area contributed by atoms with Gasteiger partial charge in [0.25, 0.3) is 0 Å². The van der Waals surface area contributed by atoms with Gasteiger partial charge in [-0.1, -0.05) is 0 Å². The Morgan fingerprint density at radius 2 is 1.74 bits per heavy atom. The maximum atomic E-state index is 13.8. The zero-order valence-corrected chi connectivity index (χ0v) is 11.3. The quantitative estimate of drug-likeness (QED) is 0.901. The first-order valence-electron chi connectivity index (χ1n) is 5.53. The van der Waals surface area contributed by atoms with E-state index < -0.39 is 15.8 Å². The summed E-state index contributed by atoms with van der Waals surface area (Å²) in [4.78, 5) is -0.253. The first kappa shape index (κ1) is 13.6. The van der Waals surface area contributed by atoms with Crippen LogP contribution >= 0.6 is 0 Å². The highest BCUT2D eigenvalue weighted by Crippen LogP contribution is 2.19. The highest BCUT2D eigenvalue weighted by molar-refractivity contribution is 7.89. The molecule has 0 atom stereocenters. The lowest BCUT2D eigenvalue weighted by Crippen LogP contribution is -2.15. The van der Waals surface area contributed by atoms with Crippen molar-refractivity contribution >= 4 is 15.7 Å². The molecule has 1 heterocycles. The zero-order chi connectivity index (χ0) is 14.2. The van der Waals surface area contributed by atoms with Crippen LogP contribution in [0.15, 0.2) is 35.2 Å². The smallest absolute Gasteiger partial charge is 0.238 e. The molecule has 102 valence electrons. The predicted molar refractivity (Wildman–Crippen MR) is 70.7 cm³/mol. The minimum Gasteiger partial charge on any atom is -0.291 e. The molecule has 2 aromatic rings. The van der Waals surface area contributed by atoms with Crippen LogP contribution in [-0.2, 0) is 10.0 Å². The van der Waals surface area contributed by atoms with Crippen LogP contribution in [-0.4, -0.2) is 13.1 Å². The number of rotatable bonds is 3. The van der Waals surface area contributed by atoms with E-state index in [2.05, 4.69) is 5.43 Å². The molecule has 2 rings (SSSR count). The van der Waals surface area contributed by atoms with Gasteiger partial charge < -0.3 is 0 Å². The van der Waals surface area contributed by atoms with Crippen molar-refractivity contribution < 1.29 is 12.8 Å². The number of sulfonamides is 1. The van der Waals surface area contributed by atoms with E-state index in [1.54, 1.807) is 4.68 Å². The summed E-state index contributed by atoms with van der Waals surface area (Å²) in [5.74, 6) is -0.681. The van der Waals surface area contributed by atoms with Crippen LogP contribution < -0.4 is 10.6 Å². The fraction of sp³-hybridized carbons (Fsp3) is 0.167. The molecule has 0 aliphatic heterocycles. The summed E-state index contributed by atoms with van der Waals surface area (Å²) in [6, 6.07) is 7.27. The molecular formula is C12H14FN3O2S. The summed E-state index contributed by atoms with van der Waals surface area (Å²) in [6.45, 7) is 3.74. The van der Waals surface area contributed by atoms with Gasteiger partial charge in [0, 0.05) is 11.4 Å². The standard InChI is InChI=1S/C12H14FN3O2S/c1-8-3-4-9(2)16(8)15-12-6-5-10(7-11(12)13)19(14,17)18/h3-7,15H,1-2H3,(H2,14,17,18). The number of anilines is 1. The number of nitrogens with two attached hydrogens (primary N) is 1. The molecule has 0 bridgehead atoms. The van der Waals surface area contributed by atoms with Crippen molar-refractivity contribution in [3.63, 3.8) is 0 Å². The fourth-order valence-electron chi connectivity index (χ4n) is 1.73. The van der Waals surface area contributed by atoms with Crippen LogP contribution in [0.4, 0.5) is 10.1 Å². The lowest BCUT2D eigenvalue weighted by Gasteiger charge is -2.13. The predicted octanol–water partition coefficient (Wildman–Crippen LogP) is 1.77. The van der Waals surface area contributed by atoms with Gasteiger partial charge in [-0.3, -0.25) is 10.1 Å². The van der Waals surface area contributed by atoms with Crippen LogP contribution in [0.3, 0.4) is 0 Å². The van der Waals surface area contributed by atoms with Gasteiger partial charge in [-0.15, -0.1) is 0 Å². The number of hydrogen-bond acceptors (Lipinski definition) is 3. The van der Waals surface area contributed by atoms with E-state index in [0.717, 1.165) is 17.5 Å². The molecule has 1 aromatic carbocycles. The van der Waals surface area contributed by atoms with Crippen LogP contribution in [0.25, 0.3) is 0 Å². The highest BCUT2D eigenvalue weighted by Gasteiger charge is 2.12. The van der Waals surface area contributed by atoms with Crippen LogP contribution in [0.5, 0.6) is 0 Å². The Balaban J connectivity index is 2.38. The summed E-state index contributed by atoms with van der Waals surface area (Å²) in [6.07, 6.45) is 0. The number of aromatic nitrogens is 1. The Morgan fingerprint density at radius 1 is 1.16 bits per heavy atom. The first-order valence-corrected chi connectivity index (χ1v) is 7.08. The third-order valence-electron chi connectivity index (χ3n) is 2.77. The molecule has 0 radical (unpaired) electrons. The molecule has 0 aliphatic carbocycles. The van der Waals surface area contributed by atoms with Crippen molar-refractivity contribution in [3.05, 3.63) is 47.5 Å². The summed E-state index contributed by atoms with van der Waals surface area (Å²) in [7, 11) is -3.90. The van der Waals surface area contributed by atoms with Crippen molar-refractivity contribution in [2.24, 2.45) is 5.14 Å². The van der Waals surface area contributed by atoms with Gasteiger partial charge in [-0.05, 0) is 44.2 Å². The molecule has 0 spiro atoms. The lowest BCUT2D eigenvalue weighted by molar-refractivity contribution is 0.592. The van der Waals surface area contributed by atoms with Gasteiger partial charge in [0.05, 0.1) is 10.6 Å². The highest BCUT2D eigenvalue weighted by atomic mass is 32.2. The van der Waals surface area contributed by atoms with E-state index in [1.807, 2.05) is 26.0 Å². The second-order valence-corrected chi connectivity index (χ2v) is 5.81. The molecule has 3 N–H and O–H groups in total. The number of nitrogens with zero attached hydrogens (tertiary/aromatic N) is 1. The molecular weight excluding hydrogens is 269 g/mol. The number of halogens is 1. The Labute approximate surface area is 110 Å². The molecule has 0 unspecified atom stereocenters. The van der Waals surface area contributed by atoms with Gasteiger partial charge in [-0.2, -0.15) is 0 Å². The molecule has 1 aromatic heterocycles. The summed E-state index contributed by atoms with van der Waals surface area (Å²) in [5.41, 5.74) is 4.87. The minimum absolute atomic E-state index is 0.176. The van der Waals surface area contributed by atoms with Gasteiger partial charge in [0.1, 0.15) is 5.82 Å². The molecule has 5 nitrogen and oxygen atoms in total. The fourth-order valence-corrected chi connectivity index (χ4v) is 2.25. The summed E-state index contributed by atoms with van der Waals surface area (Å²) >= 11 is 0. The Hall–Kier alpha value is -1.86. The minimum atomic E-state index is -3.90. The van der Waals surface area contributed by atoms with E-state index in [0.29, 0.717) is 0 Å². The van der Waals surface area contributed by atoms with Crippen molar-refractivity contribution in [1.29, 1.82) is 0 Å². The maximum absolute atomic E-state index is 13.8. The van der Waals surface area contributed by atoms with Crippen LogP contribution in [0, 0.1) is 19.7 Å². The maximum Gasteiger partial charge on any atom is 0.238 e. The van der Waals surface area contributed by atoms with Gasteiger partial charge >= 0.3 is 0 Å². The lowest BCUT2D eigenvalue weighted by atomic mass is 10.3.